The number of ether oxygens (including phenoxy) is 1. The number of carbonyl (C=O) groups is 2. The smallest absolute Gasteiger partial charge is 0.416 e. The maximum absolute atomic E-state index is 12.7. The summed E-state index contributed by atoms with van der Waals surface area (Å²) in [5.41, 5.74) is 0.664. The minimum absolute atomic E-state index is 0.317. The average molecular weight is 422 g/mol. The molecule has 0 unspecified atom stereocenters. The molecule has 1 aromatic heterocycles. The van der Waals surface area contributed by atoms with E-state index < -0.39 is 17.8 Å². The Bertz CT molecular complexity index is 878. The second-order valence-electron chi connectivity index (χ2n) is 6.68. The number of hydrogen-bond donors (Lipinski definition) is 1. The molecule has 2 aromatic rings. The number of amides is 2. The molecule has 1 fully saturated rings. The van der Waals surface area contributed by atoms with E-state index in [9.17, 15) is 22.8 Å². The first-order valence-corrected chi connectivity index (χ1v) is 9.29. The Morgan fingerprint density at radius 3 is 2.20 bits per heavy atom. The standard InChI is InChI=1S/C20H21F3N4O3/c1-24-18(28)13-30-19(29)27-10-8-26(9-11-27)17-7-4-15(12-25-17)14-2-5-16(6-3-14)20(21,22)23/h2-7,12H,8-11,13H2,1H3,(H,24,28). The van der Waals surface area contributed by atoms with Crippen LogP contribution in [0.2, 0.25) is 0 Å². The number of nitrogens with one attached hydrogen (secondary N) is 1. The number of nitrogens with zero attached hydrogens (tertiary/aromatic N) is 3. The fourth-order valence-corrected chi connectivity index (χ4v) is 3.00. The Balaban J connectivity index is 1.56. The third-order valence-electron chi connectivity index (χ3n) is 4.76. The van der Waals surface area contributed by atoms with Gasteiger partial charge in [0.2, 0.25) is 0 Å². The monoisotopic (exact) mass is 422 g/mol. The van der Waals surface area contributed by atoms with Gasteiger partial charge >= 0.3 is 12.3 Å². The van der Waals surface area contributed by atoms with Gasteiger partial charge in [0.1, 0.15) is 5.82 Å². The molecule has 0 atom stereocenters. The van der Waals surface area contributed by atoms with E-state index in [4.69, 9.17) is 4.74 Å². The van der Waals surface area contributed by atoms with Crippen LogP contribution in [0.4, 0.5) is 23.8 Å². The zero-order valence-corrected chi connectivity index (χ0v) is 16.3. The van der Waals surface area contributed by atoms with Gasteiger partial charge in [0.25, 0.3) is 5.91 Å². The predicted molar refractivity (Wildman–Crippen MR) is 104 cm³/mol. The third-order valence-corrected chi connectivity index (χ3v) is 4.76. The van der Waals surface area contributed by atoms with Crippen LogP contribution < -0.4 is 10.2 Å². The molecule has 1 aliphatic heterocycles. The van der Waals surface area contributed by atoms with Gasteiger partial charge in [-0.25, -0.2) is 9.78 Å². The van der Waals surface area contributed by atoms with Crippen LogP contribution in [-0.2, 0) is 15.7 Å². The maximum atomic E-state index is 12.7. The van der Waals surface area contributed by atoms with E-state index in [1.165, 1.54) is 24.1 Å². The van der Waals surface area contributed by atoms with Gasteiger partial charge in [-0.15, -0.1) is 0 Å². The van der Waals surface area contributed by atoms with E-state index in [-0.39, 0.29) is 12.5 Å². The van der Waals surface area contributed by atoms with Crippen LogP contribution in [0.1, 0.15) is 5.56 Å². The number of aromatic nitrogens is 1. The van der Waals surface area contributed by atoms with Gasteiger partial charge in [0.05, 0.1) is 5.56 Å². The fourth-order valence-electron chi connectivity index (χ4n) is 3.00. The Labute approximate surface area is 171 Å². The minimum Gasteiger partial charge on any atom is -0.439 e. The summed E-state index contributed by atoms with van der Waals surface area (Å²) in [6, 6.07) is 8.53. The third kappa shape index (κ3) is 5.19. The highest BCUT2D eigenvalue weighted by Gasteiger charge is 2.30. The molecular formula is C20H21F3N4O3. The summed E-state index contributed by atoms with van der Waals surface area (Å²) in [6.45, 7) is 1.62. The molecule has 1 N–H and O–H groups in total. The van der Waals surface area contributed by atoms with Crippen LogP contribution in [0.25, 0.3) is 11.1 Å². The van der Waals surface area contributed by atoms with E-state index in [0.717, 1.165) is 12.1 Å². The van der Waals surface area contributed by atoms with E-state index in [2.05, 4.69) is 10.3 Å². The van der Waals surface area contributed by atoms with Gasteiger partial charge in [0, 0.05) is 45.0 Å². The molecule has 160 valence electrons. The number of carbonyl (C=O) groups excluding carboxylic acids is 2. The second kappa shape index (κ2) is 9.02. The van der Waals surface area contributed by atoms with Crippen molar-refractivity contribution in [3.8, 4) is 11.1 Å². The summed E-state index contributed by atoms with van der Waals surface area (Å²) < 4.78 is 43.0. The molecule has 0 bridgehead atoms. The van der Waals surface area contributed by atoms with Gasteiger partial charge in [0.15, 0.2) is 6.61 Å². The van der Waals surface area contributed by atoms with Gasteiger partial charge in [-0.2, -0.15) is 13.2 Å². The summed E-state index contributed by atoms with van der Waals surface area (Å²) in [5.74, 6) is 0.336. The number of alkyl halides is 3. The first-order valence-electron chi connectivity index (χ1n) is 9.29. The van der Waals surface area contributed by atoms with Crippen molar-refractivity contribution in [3.05, 3.63) is 48.2 Å². The SMILES string of the molecule is CNC(=O)COC(=O)N1CCN(c2ccc(-c3ccc(C(F)(F)F)cc3)cn2)CC1. The summed E-state index contributed by atoms with van der Waals surface area (Å²) in [5, 5.41) is 2.38. The summed E-state index contributed by atoms with van der Waals surface area (Å²) in [4.78, 5) is 31.1. The number of likely N-dealkylation sites (N-methyl/N-ethyl adjacent to an activating group) is 1. The van der Waals surface area contributed by atoms with Gasteiger partial charge in [-0.1, -0.05) is 12.1 Å². The van der Waals surface area contributed by atoms with Crippen LogP contribution in [0.15, 0.2) is 42.6 Å². The number of benzene rings is 1. The number of halogens is 3. The molecule has 10 heteroatoms. The van der Waals surface area contributed by atoms with Crippen molar-refractivity contribution in [2.45, 2.75) is 6.18 Å². The van der Waals surface area contributed by atoms with Crippen molar-refractivity contribution < 1.29 is 27.5 Å². The summed E-state index contributed by atoms with van der Waals surface area (Å²) >= 11 is 0. The van der Waals surface area contributed by atoms with Crippen molar-refractivity contribution >= 4 is 17.8 Å². The van der Waals surface area contributed by atoms with Crippen LogP contribution in [0.5, 0.6) is 0 Å². The van der Waals surface area contributed by atoms with E-state index in [0.29, 0.717) is 43.1 Å². The number of piperazine rings is 1. The summed E-state index contributed by atoms with van der Waals surface area (Å²) in [7, 11) is 1.46. The van der Waals surface area contributed by atoms with E-state index in [1.807, 2.05) is 4.90 Å². The predicted octanol–water partition coefficient (Wildman–Crippen LogP) is 2.77. The Morgan fingerprint density at radius 2 is 1.67 bits per heavy atom. The normalized spacial score (nSPS) is 14.4. The molecular weight excluding hydrogens is 401 g/mol. The lowest BCUT2D eigenvalue weighted by Crippen LogP contribution is -2.49. The topological polar surface area (TPSA) is 74.8 Å². The van der Waals surface area contributed by atoms with Gasteiger partial charge < -0.3 is 19.9 Å². The van der Waals surface area contributed by atoms with Crippen LogP contribution >= 0.6 is 0 Å². The quantitative estimate of drug-likeness (QED) is 0.820. The number of rotatable bonds is 4. The highest BCUT2D eigenvalue weighted by molar-refractivity contribution is 5.79. The van der Waals surface area contributed by atoms with Crippen molar-refractivity contribution in [2.24, 2.45) is 0 Å². The van der Waals surface area contributed by atoms with Crippen LogP contribution in [-0.4, -0.2) is 61.7 Å². The molecule has 2 amide bonds. The van der Waals surface area contributed by atoms with Crippen molar-refractivity contribution in [2.75, 3.05) is 44.7 Å². The van der Waals surface area contributed by atoms with Gasteiger partial charge in [-0.05, 0) is 29.8 Å². The molecule has 1 aliphatic rings. The Morgan fingerprint density at radius 1 is 1.03 bits per heavy atom. The highest BCUT2D eigenvalue weighted by Crippen LogP contribution is 2.31. The van der Waals surface area contributed by atoms with E-state index >= 15 is 0 Å². The molecule has 1 aromatic carbocycles. The second-order valence-corrected chi connectivity index (χ2v) is 6.68. The van der Waals surface area contributed by atoms with Crippen LogP contribution in [0, 0.1) is 0 Å². The zero-order valence-electron chi connectivity index (χ0n) is 16.3. The molecule has 30 heavy (non-hydrogen) atoms. The Hall–Kier alpha value is -3.30. The lowest BCUT2D eigenvalue weighted by Gasteiger charge is -2.34. The van der Waals surface area contributed by atoms with Crippen molar-refractivity contribution in [3.63, 3.8) is 0 Å². The number of pyridine rings is 1. The Kier molecular flexibility index (Phi) is 6.43. The molecule has 7 nitrogen and oxygen atoms in total. The number of hydrogen-bond acceptors (Lipinski definition) is 5. The maximum Gasteiger partial charge on any atom is 0.416 e. The largest absolute Gasteiger partial charge is 0.439 e. The molecule has 0 saturated carbocycles. The molecule has 3 rings (SSSR count). The first kappa shape index (κ1) is 21.4. The van der Waals surface area contributed by atoms with E-state index in [1.54, 1.807) is 18.3 Å². The van der Waals surface area contributed by atoms with Crippen molar-refractivity contribution in [1.82, 2.24) is 15.2 Å². The lowest BCUT2D eigenvalue weighted by atomic mass is 10.1. The highest BCUT2D eigenvalue weighted by atomic mass is 19.4. The molecule has 0 radical (unpaired) electrons. The molecule has 1 saturated heterocycles. The minimum atomic E-state index is -4.36. The molecule has 2 heterocycles. The number of anilines is 1. The first-order chi connectivity index (χ1) is 14.3. The van der Waals surface area contributed by atoms with Crippen LogP contribution in [0.3, 0.4) is 0 Å². The summed E-state index contributed by atoms with van der Waals surface area (Å²) in [6.07, 6.45) is -3.29. The van der Waals surface area contributed by atoms with Crippen molar-refractivity contribution in [1.29, 1.82) is 0 Å². The zero-order chi connectivity index (χ0) is 21.7. The fraction of sp³-hybridized carbons (Fsp3) is 0.350. The van der Waals surface area contributed by atoms with Gasteiger partial charge in [-0.3, -0.25) is 4.79 Å². The molecule has 0 aliphatic carbocycles. The average Bonchev–Trinajstić information content (AvgIpc) is 2.77. The lowest BCUT2D eigenvalue weighted by molar-refractivity contribution is -0.137. The molecule has 0 spiro atoms.